The van der Waals surface area contributed by atoms with Crippen LogP contribution in [0.3, 0.4) is 0 Å². The Bertz CT molecular complexity index is 227. The van der Waals surface area contributed by atoms with E-state index >= 15 is 0 Å². The van der Waals surface area contributed by atoms with E-state index in [9.17, 15) is 9.59 Å². The van der Waals surface area contributed by atoms with E-state index in [0.717, 1.165) is 0 Å². The van der Waals surface area contributed by atoms with Crippen LogP contribution in [0.15, 0.2) is 0 Å². The Morgan fingerprint density at radius 2 is 1.33 bits per heavy atom. The van der Waals surface area contributed by atoms with Crippen LogP contribution in [-0.2, 0) is 9.59 Å². The van der Waals surface area contributed by atoms with Gasteiger partial charge in [0.25, 0.3) is 0 Å². The van der Waals surface area contributed by atoms with Crippen molar-refractivity contribution in [3.8, 4) is 0 Å². The molecule has 0 aliphatic rings. The second-order valence-corrected chi connectivity index (χ2v) is 5.06. The minimum absolute atomic E-state index is 0.232. The van der Waals surface area contributed by atoms with E-state index in [-0.39, 0.29) is 5.92 Å². The molecule has 0 radical (unpaired) electrons. The Kier molecular flexibility index (Phi) is 10.5. The van der Waals surface area contributed by atoms with Crippen molar-refractivity contribution in [2.45, 2.75) is 52.7 Å². The smallest absolute Gasteiger partial charge is 0.332 e. The number of aliphatic hydroxyl groups excluding tert-OH is 1. The summed E-state index contributed by atoms with van der Waals surface area (Å²) < 4.78 is 0. The van der Waals surface area contributed by atoms with E-state index in [2.05, 4.69) is 0 Å². The number of aliphatic carboxylic acids is 2. The van der Waals surface area contributed by atoms with Crippen molar-refractivity contribution < 1.29 is 24.9 Å². The molecule has 0 unspecified atom stereocenters. The molecule has 0 bridgehead atoms. The first-order valence-electron chi connectivity index (χ1n) is 5.97. The monoisotopic (exact) mass is 263 g/mol. The molecule has 0 saturated carbocycles. The highest BCUT2D eigenvalue weighted by Gasteiger charge is 2.13. The van der Waals surface area contributed by atoms with Gasteiger partial charge in [0.2, 0.25) is 0 Å². The van der Waals surface area contributed by atoms with Crippen molar-refractivity contribution in [1.29, 1.82) is 0 Å². The van der Waals surface area contributed by atoms with E-state index in [0.29, 0.717) is 18.8 Å². The predicted octanol–water partition coefficient (Wildman–Crippen LogP) is 0.922. The summed E-state index contributed by atoms with van der Waals surface area (Å²) in [5.74, 6) is -1.46. The lowest BCUT2D eigenvalue weighted by molar-refractivity contribution is -0.147. The van der Waals surface area contributed by atoms with Crippen LogP contribution < -0.4 is 5.73 Å². The first-order chi connectivity index (χ1) is 8.07. The zero-order valence-electron chi connectivity index (χ0n) is 11.5. The lowest BCUT2D eigenvalue weighted by Gasteiger charge is -2.07. The summed E-state index contributed by atoms with van der Waals surface area (Å²) in [4.78, 5) is 20.1. The lowest BCUT2D eigenvalue weighted by atomic mass is 10.1. The van der Waals surface area contributed by atoms with Crippen LogP contribution >= 0.6 is 0 Å². The summed E-state index contributed by atoms with van der Waals surface area (Å²) in [6, 6.07) is -0.690. The standard InChI is InChI=1S/C6H13NO2.C6H12O3/c2*1-4(2)3-5(7)6(8)9/h4-5H,3,7H2,1-2H3,(H,8,9);4-5,7H,3H2,1-2H3,(H,8,9)/t2*5-/m00/s1. The molecule has 2 atom stereocenters. The maximum absolute atomic E-state index is 10.1. The van der Waals surface area contributed by atoms with Gasteiger partial charge in [-0.05, 0) is 24.7 Å². The molecule has 0 aromatic rings. The minimum Gasteiger partial charge on any atom is -0.480 e. The van der Waals surface area contributed by atoms with Crippen LogP contribution in [0.25, 0.3) is 0 Å². The van der Waals surface area contributed by atoms with Crippen molar-refractivity contribution in [1.82, 2.24) is 0 Å². The van der Waals surface area contributed by atoms with Crippen LogP contribution in [0.2, 0.25) is 0 Å². The normalized spacial score (nSPS) is 13.8. The fourth-order valence-electron chi connectivity index (χ4n) is 1.16. The number of nitrogens with two attached hydrogens (primary N) is 1. The molecule has 6 heteroatoms. The second-order valence-electron chi connectivity index (χ2n) is 5.06. The fourth-order valence-corrected chi connectivity index (χ4v) is 1.16. The van der Waals surface area contributed by atoms with Crippen LogP contribution in [0.4, 0.5) is 0 Å². The van der Waals surface area contributed by atoms with E-state index in [1.807, 2.05) is 27.7 Å². The first-order valence-corrected chi connectivity index (χ1v) is 5.97. The topological polar surface area (TPSA) is 121 Å². The Balaban J connectivity index is 0. The number of carbonyl (C=O) groups is 2. The second kappa shape index (κ2) is 9.85. The number of rotatable bonds is 6. The van der Waals surface area contributed by atoms with E-state index < -0.39 is 24.1 Å². The SMILES string of the molecule is CC(C)C[C@H](N)C(=O)O.CC(C)C[C@H](O)C(=O)O. The highest BCUT2D eigenvalue weighted by atomic mass is 16.4. The largest absolute Gasteiger partial charge is 0.480 e. The van der Waals surface area contributed by atoms with Gasteiger partial charge in [0.1, 0.15) is 6.04 Å². The highest BCUT2D eigenvalue weighted by Crippen LogP contribution is 2.03. The van der Waals surface area contributed by atoms with Gasteiger partial charge in [0, 0.05) is 0 Å². The quantitative estimate of drug-likeness (QED) is 0.565. The summed E-state index contributed by atoms with van der Waals surface area (Å²) in [5, 5.41) is 25.2. The molecule has 0 aromatic heterocycles. The number of carboxylic acid groups (broad SMARTS) is 2. The maximum Gasteiger partial charge on any atom is 0.332 e. The average Bonchev–Trinajstić information content (AvgIpc) is 2.16. The van der Waals surface area contributed by atoms with Crippen molar-refractivity contribution in [2.75, 3.05) is 0 Å². The van der Waals surface area contributed by atoms with Gasteiger partial charge in [-0.25, -0.2) is 4.79 Å². The molecule has 0 aliphatic carbocycles. The van der Waals surface area contributed by atoms with Crippen molar-refractivity contribution >= 4 is 11.9 Å². The first kappa shape index (κ1) is 19.2. The Hall–Kier alpha value is -1.14. The molecule has 0 heterocycles. The molecule has 0 rings (SSSR count). The van der Waals surface area contributed by atoms with Gasteiger partial charge < -0.3 is 21.1 Å². The van der Waals surface area contributed by atoms with E-state index in [1.54, 1.807) is 0 Å². The molecule has 18 heavy (non-hydrogen) atoms. The molecule has 0 spiro atoms. The maximum atomic E-state index is 10.1. The van der Waals surface area contributed by atoms with Gasteiger partial charge in [-0.3, -0.25) is 4.79 Å². The van der Waals surface area contributed by atoms with Crippen molar-refractivity contribution in [3.63, 3.8) is 0 Å². The Labute approximate surface area is 108 Å². The van der Waals surface area contributed by atoms with Crippen LogP contribution in [0.5, 0.6) is 0 Å². The molecular formula is C12H25NO5. The third-order valence-corrected chi connectivity index (χ3v) is 2.02. The molecular weight excluding hydrogens is 238 g/mol. The summed E-state index contributed by atoms with van der Waals surface area (Å²) >= 11 is 0. The number of aliphatic hydroxyl groups is 1. The summed E-state index contributed by atoms with van der Waals surface area (Å²) in [6.07, 6.45) is -0.310. The van der Waals surface area contributed by atoms with Crippen LogP contribution in [0.1, 0.15) is 40.5 Å². The van der Waals surface area contributed by atoms with Gasteiger partial charge in [0.05, 0.1) is 0 Å². The summed E-state index contributed by atoms with van der Waals surface area (Å²) in [5.41, 5.74) is 5.22. The van der Waals surface area contributed by atoms with E-state index in [1.165, 1.54) is 0 Å². The summed E-state index contributed by atoms with van der Waals surface area (Å²) in [6.45, 7) is 7.63. The molecule has 0 saturated heterocycles. The van der Waals surface area contributed by atoms with Crippen molar-refractivity contribution in [3.05, 3.63) is 0 Å². The molecule has 0 aliphatic heterocycles. The molecule has 108 valence electrons. The Morgan fingerprint density at radius 1 is 0.944 bits per heavy atom. The predicted molar refractivity (Wildman–Crippen MR) is 68.2 cm³/mol. The van der Waals surface area contributed by atoms with Gasteiger partial charge in [-0.2, -0.15) is 0 Å². The van der Waals surface area contributed by atoms with Gasteiger partial charge in [-0.1, -0.05) is 27.7 Å². The molecule has 0 fully saturated rings. The van der Waals surface area contributed by atoms with Gasteiger partial charge in [0.15, 0.2) is 6.10 Å². The zero-order valence-corrected chi connectivity index (χ0v) is 11.5. The number of hydrogen-bond acceptors (Lipinski definition) is 4. The van der Waals surface area contributed by atoms with Gasteiger partial charge >= 0.3 is 11.9 Å². The third kappa shape index (κ3) is 12.9. The Morgan fingerprint density at radius 3 is 1.44 bits per heavy atom. The van der Waals surface area contributed by atoms with Crippen molar-refractivity contribution in [2.24, 2.45) is 17.6 Å². The lowest BCUT2D eigenvalue weighted by Crippen LogP contribution is -2.31. The molecule has 5 N–H and O–H groups in total. The number of carboxylic acids is 2. The van der Waals surface area contributed by atoms with Crippen LogP contribution in [0, 0.1) is 11.8 Å². The van der Waals surface area contributed by atoms with Gasteiger partial charge in [-0.15, -0.1) is 0 Å². The average molecular weight is 263 g/mol. The minimum atomic E-state index is -1.19. The number of hydrogen-bond donors (Lipinski definition) is 4. The third-order valence-electron chi connectivity index (χ3n) is 2.02. The van der Waals surface area contributed by atoms with Crippen LogP contribution in [-0.4, -0.2) is 39.4 Å². The molecule has 0 amide bonds. The molecule has 6 nitrogen and oxygen atoms in total. The zero-order chi connectivity index (χ0) is 14.9. The summed E-state index contributed by atoms with van der Waals surface area (Å²) in [7, 11) is 0. The fraction of sp³-hybridized carbons (Fsp3) is 0.833. The molecule has 0 aromatic carbocycles. The van der Waals surface area contributed by atoms with E-state index in [4.69, 9.17) is 21.1 Å². The highest BCUT2D eigenvalue weighted by molar-refractivity contribution is 5.73.